The lowest BCUT2D eigenvalue weighted by molar-refractivity contribution is -0.143. The molecule has 2 atom stereocenters. The van der Waals surface area contributed by atoms with Gasteiger partial charge in [-0.3, -0.25) is 9.59 Å². The zero-order valence-electron chi connectivity index (χ0n) is 63.0. The van der Waals surface area contributed by atoms with Gasteiger partial charge in [0.1, 0.15) is 0 Å². The highest BCUT2D eigenvalue weighted by molar-refractivity contribution is 5.76. The number of unbranched alkanes of at least 4 members (excludes halogenated alkanes) is 63. The molecule has 3 N–H and O–H groups in total. The summed E-state index contributed by atoms with van der Waals surface area (Å²) in [7, 11) is 0. The van der Waals surface area contributed by atoms with Crippen molar-refractivity contribution in [2.75, 3.05) is 13.2 Å². The van der Waals surface area contributed by atoms with E-state index in [1.165, 1.54) is 392 Å². The Bertz CT molecular complexity index is 1550. The molecule has 0 aromatic rings. The minimum Gasteiger partial charge on any atom is -0.466 e. The number of hydrogen-bond donors (Lipinski definition) is 3. The number of allylic oxidation sites excluding steroid dienone is 7. The lowest BCUT2D eigenvalue weighted by Crippen LogP contribution is -2.45. The molecule has 0 bridgehead atoms. The second-order valence-corrected chi connectivity index (χ2v) is 29.2. The van der Waals surface area contributed by atoms with E-state index in [-0.39, 0.29) is 18.5 Å². The lowest BCUT2D eigenvalue weighted by atomic mass is 10.0. The Morgan fingerprint density at radius 1 is 0.301 bits per heavy atom. The number of aliphatic hydroxyl groups is 2. The van der Waals surface area contributed by atoms with Crippen molar-refractivity contribution >= 4 is 11.9 Å². The van der Waals surface area contributed by atoms with Crippen LogP contribution in [-0.2, 0) is 14.3 Å². The average molecular weight is 1310 g/mol. The summed E-state index contributed by atoms with van der Waals surface area (Å²) in [6, 6.07) is -0.627. The molecular formula is C87H165NO5. The van der Waals surface area contributed by atoms with Crippen molar-refractivity contribution in [1.82, 2.24) is 5.32 Å². The highest BCUT2D eigenvalue weighted by Gasteiger charge is 2.18. The highest BCUT2D eigenvalue weighted by atomic mass is 16.5. The van der Waals surface area contributed by atoms with Crippen molar-refractivity contribution in [2.24, 2.45) is 0 Å². The molecular weight excluding hydrogens is 1140 g/mol. The van der Waals surface area contributed by atoms with Crippen molar-refractivity contribution in [3.63, 3.8) is 0 Å². The van der Waals surface area contributed by atoms with Crippen LogP contribution in [0.3, 0.4) is 0 Å². The molecule has 548 valence electrons. The predicted molar refractivity (Wildman–Crippen MR) is 412 cm³/mol. The van der Waals surface area contributed by atoms with E-state index in [4.69, 9.17) is 4.74 Å². The summed E-state index contributed by atoms with van der Waals surface area (Å²) in [5, 5.41) is 23.3. The quantitative estimate of drug-likeness (QED) is 0.0320. The molecule has 0 rings (SSSR count). The molecule has 0 aliphatic rings. The van der Waals surface area contributed by atoms with Crippen molar-refractivity contribution in [1.29, 1.82) is 0 Å². The molecule has 0 radical (unpaired) electrons. The number of hydrogen-bond acceptors (Lipinski definition) is 5. The molecule has 6 nitrogen and oxygen atoms in total. The van der Waals surface area contributed by atoms with Crippen LogP contribution in [0.5, 0.6) is 0 Å². The van der Waals surface area contributed by atoms with Gasteiger partial charge in [-0.15, -0.1) is 0 Å². The van der Waals surface area contributed by atoms with Crippen molar-refractivity contribution < 1.29 is 24.5 Å². The molecule has 93 heavy (non-hydrogen) atoms. The summed E-state index contributed by atoms with van der Waals surface area (Å²) in [4.78, 5) is 24.6. The Hall–Kier alpha value is -2.18. The minimum atomic E-state index is -0.844. The van der Waals surface area contributed by atoms with E-state index in [2.05, 4.69) is 55.6 Å². The zero-order valence-corrected chi connectivity index (χ0v) is 63.0. The maximum absolute atomic E-state index is 12.5. The van der Waals surface area contributed by atoms with E-state index in [0.717, 1.165) is 51.4 Å². The van der Waals surface area contributed by atoms with Gasteiger partial charge in [0, 0.05) is 12.8 Å². The number of aliphatic hydroxyl groups excluding tert-OH is 2. The summed E-state index contributed by atoms with van der Waals surface area (Å²) < 4.78 is 5.50. The van der Waals surface area contributed by atoms with E-state index in [1.807, 2.05) is 6.08 Å². The van der Waals surface area contributed by atoms with E-state index in [9.17, 15) is 19.8 Å². The number of esters is 1. The first-order chi connectivity index (χ1) is 46.0. The molecule has 0 saturated carbocycles. The van der Waals surface area contributed by atoms with Gasteiger partial charge in [-0.25, -0.2) is 0 Å². The lowest BCUT2D eigenvalue weighted by Gasteiger charge is -2.20. The standard InChI is InChI=1S/C87H165NO5/c1-3-5-7-9-11-13-15-17-19-21-22-42-45-48-51-55-59-63-67-71-75-79-85(90)84(83-89)88-86(91)80-76-72-68-64-60-56-52-49-46-43-40-38-36-34-32-30-28-26-24-23-25-27-29-31-33-35-37-39-41-44-47-50-54-58-62-66-70-74-78-82-93-87(92)81-77-73-69-65-61-57-53-20-18-16-14-12-10-8-6-4-2/h20,23-24,27,29,53,75,79,84-85,89-90H,3-19,21-22,25-26,28,30-52,54-74,76-78,80-83H2,1-2H3,(H,88,91)/b24-23-,29-27-,53-20-,79-75+. The summed E-state index contributed by atoms with van der Waals surface area (Å²) in [5.74, 6) is -0.0471. The van der Waals surface area contributed by atoms with E-state index < -0.39 is 12.1 Å². The highest BCUT2D eigenvalue weighted by Crippen LogP contribution is 2.20. The van der Waals surface area contributed by atoms with Gasteiger partial charge in [-0.1, -0.05) is 416 Å². The molecule has 0 fully saturated rings. The van der Waals surface area contributed by atoms with Gasteiger partial charge >= 0.3 is 5.97 Å². The first-order valence-corrected chi connectivity index (χ1v) is 42.4. The molecule has 6 heteroatoms. The summed E-state index contributed by atoms with van der Waals surface area (Å²) in [6.07, 6.45) is 110. The third-order valence-electron chi connectivity index (χ3n) is 19.8. The maximum Gasteiger partial charge on any atom is 0.305 e. The molecule has 0 aliphatic heterocycles. The van der Waals surface area contributed by atoms with Crippen LogP contribution in [0, 0.1) is 0 Å². The number of carbonyl (C=O) groups is 2. The number of nitrogens with one attached hydrogen (secondary N) is 1. The molecule has 0 aromatic heterocycles. The Labute approximate surface area is 582 Å². The van der Waals surface area contributed by atoms with E-state index >= 15 is 0 Å². The van der Waals surface area contributed by atoms with Gasteiger partial charge in [0.25, 0.3) is 0 Å². The molecule has 1 amide bonds. The van der Waals surface area contributed by atoms with E-state index in [0.29, 0.717) is 19.4 Å². The Morgan fingerprint density at radius 3 is 0.828 bits per heavy atom. The fourth-order valence-electron chi connectivity index (χ4n) is 13.4. The van der Waals surface area contributed by atoms with Crippen LogP contribution in [0.4, 0.5) is 0 Å². The second-order valence-electron chi connectivity index (χ2n) is 29.2. The predicted octanol–water partition coefficient (Wildman–Crippen LogP) is 28.3. The third kappa shape index (κ3) is 78.7. The Morgan fingerprint density at radius 2 is 0.538 bits per heavy atom. The van der Waals surface area contributed by atoms with Crippen LogP contribution < -0.4 is 5.32 Å². The van der Waals surface area contributed by atoms with Crippen molar-refractivity contribution in [3.8, 4) is 0 Å². The third-order valence-corrected chi connectivity index (χ3v) is 19.8. The van der Waals surface area contributed by atoms with Crippen LogP contribution in [0.15, 0.2) is 48.6 Å². The van der Waals surface area contributed by atoms with Gasteiger partial charge in [-0.2, -0.15) is 0 Å². The van der Waals surface area contributed by atoms with Gasteiger partial charge in [0.05, 0.1) is 25.4 Å². The summed E-state index contributed by atoms with van der Waals surface area (Å²) in [5.41, 5.74) is 0. The smallest absolute Gasteiger partial charge is 0.305 e. The van der Waals surface area contributed by atoms with Crippen LogP contribution in [0.1, 0.15) is 470 Å². The van der Waals surface area contributed by atoms with Crippen molar-refractivity contribution in [2.45, 2.75) is 482 Å². The first kappa shape index (κ1) is 90.8. The van der Waals surface area contributed by atoms with Crippen LogP contribution in [0.25, 0.3) is 0 Å². The molecule has 0 aromatic carbocycles. The molecule has 0 heterocycles. The van der Waals surface area contributed by atoms with Crippen molar-refractivity contribution in [3.05, 3.63) is 48.6 Å². The molecule has 0 spiro atoms. The Balaban J connectivity index is 3.37. The normalized spacial score (nSPS) is 12.7. The van der Waals surface area contributed by atoms with Gasteiger partial charge in [0.2, 0.25) is 5.91 Å². The van der Waals surface area contributed by atoms with Crippen LogP contribution in [-0.4, -0.2) is 47.4 Å². The molecule has 0 aliphatic carbocycles. The largest absolute Gasteiger partial charge is 0.466 e. The topological polar surface area (TPSA) is 95.9 Å². The second kappa shape index (κ2) is 82.2. The maximum atomic E-state index is 12.5. The van der Waals surface area contributed by atoms with Gasteiger partial charge in [-0.05, 0) is 89.9 Å². The van der Waals surface area contributed by atoms with Crippen LogP contribution in [0.2, 0.25) is 0 Å². The number of amides is 1. The number of carbonyl (C=O) groups excluding carboxylic acids is 2. The molecule has 0 saturated heterocycles. The van der Waals surface area contributed by atoms with Crippen LogP contribution >= 0.6 is 0 Å². The summed E-state index contributed by atoms with van der Waals surface area (Å²) >= 11 is 0. The molecule has 2 unspecified atom stereocenters. The fraction of sp³-hybridized carbons (Fsp3) is 0.885. The number of rotatable bonds is 80. The average Bonchev–Trinajstić information content (AvgIpc) is 3.78. The van der Waals surface area contributed by atoms with Gasteiger partial charge < -0.3 is 20.3 Å². The summed E-state index contributed by atoms with van der Waals surface area (Å²) in [6.45, 7) is 4.95. The van der Waals surface area contributed by atoms with E-state index in [1.54, 1.807) is 6.08 Å². The Kier molecular flexibility index (Phi) is 80.3. The fourth-order valence-corrected chi connectivity index (χ4v) is 13.4. The SMILES string of the molecule is CCCCCCCCC/C=C\CCCCCCCC(=O)OCCCCCCCCCCCCCCCCC/C=C\C/C=C\CCCCCCCCCCCCCCCCCCCC(=O)NC(CO)C(O)/C=C/CCCCCCCCCCCCCCCCCCCCC. The monoisotopic (exact) mass is 1300 g/mol. The number of ether oxygens (including phenoxy) is 1. The minimum absolute atomic E-state index is 0.0134. The van der Waals surface area contributed by atoms with Gasteiger partial charge in [0.15, 0.2) is 0 Å². The first-order valence-electron chi connectivity index (χ1n) is 42.4. The zero-order chi connectivity index (χ0) is 67.0.